The predicted octanol–water partition coefficient (Wildman–Crippen LogP) is 3.68. The smallest absolute Gasteiger partial charge is 0.123 e. The van der Waals surface area contributed by atoms with Crippen LogP contribution >= 0.6 is 11.6 Å². The van der Waals surface area contributed by atoms with Crippen LogP contribution in [0.2, 0.25) is 5.02 Å². The highest BCUT2D eigenvalue weighted by Crippen LogP contribution is 2.25. The predicted molar refractivity (Wildman–Crippen MR) is 79.6 cm³/mol. The van der Waals surface area contributed by atoms with Crippen LogP contribution in [0.5, 0.6) is 0 Å². The molecule has 0 aliphatic rings. The molecule has 19 heavy (non-hydrogen) atoms. The molecule has 0 aliphatic heterocycles. The highest BCUT2D eigenvalue weighted by atomic mass is 35.5. The van der Waals surface area contributed by atoms with Crippen molar-refractivity contribution in [1.82, 2.24) is 5.32 Å². The molecule has 0 spiro atoms. The molecule has 102 valence electrons. The quantitative estimate of drug-likeness (QED) is 0.874. The number of halogens is 1. The van der Waals surface area contributed by atoms with Gasteiger partial charge in [-0.1, -0.05) is 18.5 Å². The Bertz CT molecular complexity index is 511. The largest absolute Gasteiger partial charge is 0.467 e. The zero-order chi connectivity index (χ0) is 13.7. The van der Waals surface area contributed by atoms with Gasteiger partial charge in [-0.25, -0.2) is 0 Å². The number of hydrogen-bond acceptors (Lipinski definition) is 3. The monoisotopic (exact) mass is 278 g/mol. The van der Waals surface area contributed by atoms with E-state index in [1.54, 1.807) is 6.26 Å². The van der Waals surface area contributed by atoms with Crippen molar-refractivity contribution in [2.45, 2.75) is 20.0 Å². The lowest BCUT2D eigenvalue weighted by Gasteiger charge is -2.22. The van der Waals surface area contributed by atoms with Crippen molar-refractivity contribution >= 4 is 17.3 Å². The number of nitrogens with one attached hydrogen (secondary N) is 1. The lowest BCUT2D eigenvalue weighted by atomic mass is 10.1. The number of furan rings is 1. The molecule has 1 N–H and O–H groups in total. The van der Waals surface area contributed by atoms with Crippen molar-refractivity contribution in [3.63, 3.8) is 0 Å². The van der Waals surface area contributed by atoms with Crippen molar-refractivity contribution in [1.29, 1.82) is 0 Å². The first-order chi connectivity index (χ1) is 9.20. The minimum absolute atomic E-state index is 0.744. The van der Waals surface area contributed by atoms with E-state index in [9.17, 15) is 0 Å². The molecule has 0 radical (unpaired) electrons. The first kappa shape index (κ1) is 14.0. The summed E-state index contributed by atoms with van der Waals surface area (Å²) in [5.41, 5.74) is 2.37. The fraction of sp³-hybridized carbons (Fsp3) is 0.333. The molecule has 2 aromatic rings. The highest BCUT2D eigenvalue weighted by molar-refractivity contribution is 6.30. The highest BCUT2D eigenvalue weighted by Gasteiger charge is 2.09. The van der Waals surface area contributed by atoms with E-state index >= 15 is 0 Å². The van der Waals surface area contributed by atoms with Gasteiger partial charge in [-0.2, -0.15) is 0 Å². The summed E-state index contributed by atoms with van der Waals surface area (Å²) in [5, 5.41) is 4.10. The molecule has 1 heterocycles. The van der Waals surface area contributed by atoms with Gasteiger partial charge >= 0.3 is 0 Å². The van der Waals surface area contributed by atoms with E-state index in [4.69, 9.17) is 16.0 Å². The maximum atomic E-state index is 6.08. The maximum Gasteiger partial charge on any atom is 0.123 e. The number of hydrogen-bond donors (Lipinski definition) is 1. The van der Waals surface area contributed by atoms with Crippen molar-refractivity contribution < 1.29 is 4.42 Å². The number of nitrogens with zero attached hydrogens (tertiary/aromatic N) is 1. The van der Waals surface area contributed by atoms with Crippen molar-refractivity contribution in [3.05, 3.63) is 52.9 Å². The minimum Gasteiger partial charge on any atom is -0.467 e. The Balaban J connectivity index is 2.17. The Morgan fingerprint density at radius 1 is 1.32 bits per heavy atom. The van der Waals surface area contributed by atoms with Gasteiger partial charge in [-0.15, -0.1) is 0 Å². The van der Waals surface area contributed by atoms with Gasteiger partial charge in [-0.05, 0) is 42.4 Å². The molecular weight excluding hydrogens is 260 g/mol. The second kappa shape index (κ2) is 6.64. The van der Waals surface area contributed by atoms with Gasteiger partial charge in [0, 0.05) is 24.3 Å². The van der Waals surface area contributed by atoms with Crippen LogP contribution in [0.4, 0.5) is 5.69 Å². The summed E-state index contributed by atoms with van der Waals surface area (Å²) in [4.78, 5) is 2.17. The summed E-state index contributed by atoms with van der Waals surface area (Å²) in [6, 6.07) is 9.88. The fourth-order valence-electron chi connectivity index (χ4n) is 2.05. The van der Waals surface area contributed by atoms with Crippen LogP contribution in [0.15, 0.2) is 41.0 Å². The molecule has 3 nitrogen and oxygen atoms in total. The molecule has 1 aromatic heterocycles. The van der Waals surface area contributed by atoms with Crippen LogP contribution in [0.3, 0.4) is 0 Å². The SMILES string of the molecule is CCNCc1cc(Cl)ccc1N(C)Cc1ccco1. The summed E-state index contributed by atoms with van der Waals surface area (Å²) in [6.45, 7) is 4.59. The molecule has 4 heteroatoms. The Kier molecular flexibility index (Phi) is 4.88. The second-order valence-corrected chi connectivity index (χ2v) is 4.93. The molecule has 0 fully saturated rings. The third-order valence-electron chi connectivity index (χ3n) is 2.99. The lowest BCUT2D eigenvalue weighted by Crippen LogP contribution is -2.20. The van der Waals surface area contributed by atoms with Gasteiger partial charge in [0.2, 0.25) is 0 Å². The van der Waals surface area contributed by atoms with Gasteiger partial charge in [-0.3, -0.25) is 0 Å². The Morgan fingerprint density at radius 2 is 2.16 bits per heavy atom. The molecule has 0 amide bonds. The van der Waals surface area contributed by atoms with Crippen molar-refractivity contribution in [2.24, 2.45) is 0 Å². The third kappa shape index (κ3) is 3.75. The van der Waals surface area contributed by atoms with Crippen LogP contribution in [0, 0.1) is 0 Å². The summed E-state index contributed by atoms with van der Waals surface area (Å²) >= 11 is 6.08. The van der Waals surface area contributed by atoms with Gasteiger partial charge in [0.25, 0.3) is 0 Å². The van der Waals surface area contributed by atoms with Gasteiger partial charge < -0.3 is 14.6 Å². The van der Waals surface area contributed by atoms with Crippen LogP contribution in [-0.4, -0.2) is 13.6 Å². The van der Waals surface area contributed by atoms with Crippen LogP contribution in [0.25, 0.3) is 0 Å². The average molecular weight is 279 g/mol. The maximum absolute atomic E-state index is 6.08. The standard InChI is InChI=1S/C15H19ClN2O/c1-3-17-10-12-9-13(16)6-7-15(12)18(2)11-14-5-4-8-19-14/h4-9,17H,3,10-11H2,1-2H3. The molecule has 0 saturated carbocycles. The zero-order valence-electron chi connectivity index (χ0n) is 11.3. The summed E-state index contributed by atoms with van der Waals surface area (Å²) < 4.78 is 5.39. The lowest BCUT2D eigenvalue weighted by molar-refractivity contribution is 0.507. The number of anilines is 1. The summed E-state index contributed by atoms with van der Waals surface area (Å²) in [6.07, 6.45) is 1.70. The van der Waals surface area contributed by atoms with Crippen LogP contribution in [0.1, 0.15) is 18.2 Å². The van der Waals surface area contributed by atoms with Gasteiger partial charge in [0.05, 0.1) is 12.8 Å². The average Bonchev–Trinajstić information content (AvgIpc) is 2.89. The molecule has 1 aromatic carbocycles. The van der Waals surface area contributed by atoms with E-state index in [0.717, 1.165) is 30.4 Å². The van der Waals surface area contributed by atoms with Crippen LogP contribution < -0.4 is 10.2 Å². The van der Waals surface area contributed by atoms with Crippen molar-refractivity contribution in [2.75, 3.05) is 18.5 Å². The second-order valence-electron chi connectivity index (χ2n) is 4.49. The molecule has 0 unspecified atom stereocenters. The molecule has 0 aliphatic carbocycles. The Labute approximate surface area is 119 Å². The summed E-state index contributed by atoms with van der Waals surface area (Å²) in [7, 11) is 2.06. The van der Waals surface area contributed by atoms with E-state index in [0.29, 0.717) is 0 Å². The van der Waals surface area contributed by atoms with E-state index in [1.165, 1.54) is 11.3 Å². The Hall–Kier alpha value is -1.45. The topological polar surface area (TPSA) is 28.4 Å². The first-order valence-corrected chi connectivity index (χ1v) is 6.81. The summed E-state index contributed by atoms with van der Waals surface area (Å²) in [5.74, 6) is 0.951. The third-order valence-corrected chi connectivity index (χ3v) is 3.23. The molecule has 2 rings (SSSR count). The van der Waals surface area contributed by atoms with E-state index in [2.05, 4.69) is 30.3 Å². The van der Waals surface area contributed by atoms with E-state index in [-0.39, 0.29) is 0 Å². The van der Waals surface area contributed by atoms with Gasteiger partial charge in [0.1, 0.15) is 5.76 Å². The minimum atomic E-state index is 0.744. The van der Waals surface area contributed by atoms with E-state index in [1.807, 2.05) is 24.3 Å². The number of benzene rings is 1. The number of rotatable bonds is 6. The van der Waals surface area contributed by atoms with Crippen molar-refractivity contribution in [3.8, 4) is 0 Å². The van der Waals surface area contributed by atoms with Crippen LogP contribution in [-0.2, 0) is 13.1 Å². The molecule has 0 saturated heterocycles. The Morgan fingerprint density at radius 3 is 2.84 bits per heavy atom. The molecule has 0 bridgehead atoms. The fourth-order valence-corrected chi connectivity index (χ4v) is 2.24. The molecular formula is C15H19ClN2O. The first-order valence-electron chi connectivity index (χ1n) is 6.43. The van der Waals surface area contributed by atoms with Gasteiger partial charge in [0.15, 0.2) is 0 Å². The van der Waals surface area contributed by atoms with E-state index < -0.39 is 0 Å². The molecule has 0 atom stereocenters. The normalized spacial score (nSPS) is 10.7. The zero-order valence-corrected chi connectivity index (χ0v) is 12.1.